The van der Waals surface area contributed by atoms with E-state index < -0.39 is 40.3 Å². The van der Waals surface area contributed by atoms with Crippen molar-refractivity contribution in [1.29, 1.82) is 0 Å². The van der Waals surface area contributed by atoms with Crippen LogP contribution in [-0.4, -0.2) is 59.1 Å². The summed E-state index contributed by atoms with van der Waals surface area (Å²) in [7, 11) is -1.31. The Balaban J connectivity index is 2.45. The van der Waals surface area contributed by atoms with Gasteiger partial charge in [-0.05, 0) is 0 Å². The Hall–Kier alpha value is -1.66. The van der Waals surface area contributed by atoms with Gasteiger partial charge in [0.05, 0.1) is 0 Å². The second-order valence-corrected chi connectivity index (χ2v) is 24.2. The van der Waals surface area contributed by atoms with Crippen molar-refractivity contribution in [2.45, 2.75) is 21.0 Å². The molecule has 0 atom stereocenters. The Kier molecular flexibility index (Phi) is 5.50. The van der Waals surface area contributed by atoms with Gasteiger partial charge in [0.1, 0.15) is 0 Å². The summed E-state index contributed by atoms with van der Waals surface area (Å²) >= 11 is -2.73. The molecule has 0 aliphatic rings. The number of nitrogens with zero attached hydrogens (tertiary/aromatic N) is 4. The van der Waals surface area contributed by atoms with Crippen LogP contribution in [0.5, 0.6) is 0 Å². The zero-order valence-corrected chi connectivity index (χ0v) is 20.3. The van der Waals surface area contributed by atoms with Gasteiger partial charge in [0.15, 0.2) is 0 Å². The number of alkyl halides is 3. The van der Waals surface area contributed by atoms with Gasteiger partial charge in [0.25, 0.3) is 0 Å². The fourth-order valence-corrected chi connectivity index (χ4v) is 6.35. The molecule has 0 aliphatic carbocycles. The zero-order valence-electron chi connectivity index (χ0n) is 16.6. The van der Waals surface area contributed by atoms with Gasteiger partial charge in [-0.15, -0.1) is 0 Å². The van der Waals surface area contributed by atoms with Crippen molar-refractivity contribution in [2.24, 2.45) is 0 Å². The van der Waals surface area contributed by atoms with Gasteiger partial charge in [0.2, 0.25) is 0 Å². The van der Waals surface area contributed by atoms with Crippen LogP contribution < -0.4 is 3.71 Å². The molecule has 2 aromatic heterocycles. The Morgan fingerprint density at radius 3 is 2.24 bits per heavy atom. The fraction of sp³-hybridized carbons (Fsp3) is 0.333. The molecule has 0 amide bonds. The van der Waals surface area contributed by atoms with Crippen LogP contribution in [0.4, 0.5) is 13.2 Å². The molecule has 11 heteroatoms. The zero-order chi connectivity index (χ0) is 21.8. The Bertz CT molecular complexity index is 1180. The van der Waals surface area contributed by atoms with Crippen molar-refractivity contribution >= 4 is 43.5 Å². The number of benzene rings is 1. The molecular weight excluding hydrogens is 512 g/mol. The van der Waals surface area contributed by atoms with Crippen LogP contribution in [0.25, 0.3) is 22.3 Å². The van der Waals surface area contributed by atoms with E-state index in [-0.39, 0.29) is 22.3 Å². The summed E-state index contributed by atoms with van der Waals surface area (Å²) in [5.74, 6) is 0. The first-order valence-corrected chi connectivity index (χ1v) is 20.1. The topological polar surface area (TPSA) is 68.1 Å². The first-order valence-electron chi connectivity index (χ1n) is 8.73. The molecule has 3 aromatic rings. The van der Waals surface area contributed by atoms with Gasteiger partial charge in [0, 0.05) is 0 Å². The summed E-state index contributed by atoms with van der Waals surface area (Å²) in [5, 5.41) is 0. The molecule has 0 saturated heterocycles. The van der Waals surface area contributed by atoms with Crippen molar-refractivity contribution in [3.8, 4) is 11.1 Å². The third-order valence-electron chi connectivity index (χ3n) is 4.46. The predicted molar refractivity (Wildman–Crippen MR) is 109 cm³/mol. The fourth-order valence-electron chi connectivity index (χ4n) is 2.84. The van der Waals surface area contributed by atoms with Crippen molar-refractivity contribution in [3.63, 3.8) is 0 Å². The third-order valence-corrected chi connectivity index (χ3v) is 11.2. The molecule has 1 aromatic carbocycles. The maximum absolute atomic E-state index is 13.6. The van der Waals surface area contributed by atoms with Crippen molar-refractivity contribution in [2.75, 3.05) is 14.1 Å². The first kappa shape index (κ1) is 22.0. The van der Waals surface area contributed by atoms with Crippen LogP contribution in [0, 0.1) is 0 Å². The van der Waals surface area contributed by atoms with Gasteiger partial charge < -0.3 is 0 Å². The van der Waals surface area contributed by atoms with Crippen molar-refractivity contribution in [1.82, 2.24) is 18.2 Å². The number of fused-ring (bicyclic) bond motifs is 1. The number of hydrogen-bond donors (Lipinski definition) is 0. The van der Waals surface area contributed by atoms with E-state index in [1.165, 1.54) is 38.5 Å². The molecular formula is C18H21F3N4O2SSn. The van der Waals surface area contributed by atoms with Gasteiger partial charge in [-0.25, -0.2) is 0 Å². The average molecular weight is 533 g/mol. The molecule has 2 heterocycles. The molecule has 156 valence electrons. The molecule has 29 heavy (non-hydrogen) atoms. The molecule has 3 rings (SSSR count). The Labute approximate surface area is 171 Å². The minimum absolute atomic E-state index is 0.00460. The molecule has 0 aliphatic heterocycles. The summed E-state index contributed by atoms with van der Waals surface area (Å²) in [4.78, 5) is 15.2. The quantitative estimate of drug-likeness (QED) is 0.483. The maximum atomic E-state index is 13.6. The number of aromatic nitrogens is 3. The number of halogens is 3. The molecule has 0 unspecified atom stereocenters. The second-order valence-electron chi connectivity index (χ2n) is 7.85. The van der Waals surface area contributed by atoms with Crippen molar-refractivity contribution < 1.29 is 21.6 Å². The van der Waals surface area contributed by atoms with Gasteiger partial charge in [-0.1, -0.05) is 0 Å². The average Bonchev–Trinajstić information content (AvgIpc) is 2.99. The summed E-state index contributed by atoms with van der Waals surface area (Å²) in [6.45, 7) is 0. The van der Waals surface area contributed by atoms with E-state index in [1.807, 2.05) is 0 Å². The molecule has 0 saturated carbocycles. The minimum atomic E-state index is -4.60. The van der Waals surface area contributed by atoms with E-state index >= 15 is 0 Å². The van der Waals surface area contributed by atoms with E-state index in [2.05, 4.69) is 24.8 Å². The number of hydrogen-bond acceptors (Lipinski definition) is 4. The molecule has 0 bridgehead atoms. The molecule has 0 N–H and O–H groups in total. The van der Waals surface area contributed by atoms with E-state index in [4.69, 9.17) is 0 Å². The Morgan fingerprint density at radius 2 is 1.69 bits per heavy atom. The SMILES string of the molecule is CN(C)S(=O)(=O)n1cc(-c2ccccc2C(F)(F)F)c2n[c]([Sn]([CH3])([CH3])[CH3])cnc21. The van der Waals surface area contributed by atoms with Gasteiger partial charge in [-0.2, -0.15) is 0 Å². The van der Waals surface area contributed by atoms with Gasteiger partial charge in [-0.3, -0.25) is 0 Å². The number of rotatable bonds is 4. The summed E-state index contributed by atoms with van der Waals surface area (Å²) < 4.78 is 69.0. The van der Waals surface area contributed by atoms with Crippen LogP contribution in [0.3, 0.4) is 0 Å². The van der Waals surface area contributed by atoms with E-state index in [0.29, 0.717) is 0 Å². The van der Waals surface area contributed by atoms with E-state index in [1.54, 1.807) is 6.20 Å². The normalized spacial score (nSPS) is 13.4. The van der Waals surface area contributed by atoms with Crippen LogP contribution in [0.15, 0.2) is 36.7 Å². The Morgan fingerprint density at radius 1 is 1.07 bits per heavy atom. The standard InChI is InChI=1S/C15H12F3N4O2S.3CH3.Sn/c1-21(2)25(23,24)22-9-11(13-14(22)20-8-7-19-13)10-5-3-4-6-12(10)15(16,17)18;;;;/h3-6,8-9H,1-2H3;3*1H3;. The summed E-state index contributed by atoms with van der Waals surface area (Å²) in [6, 6.07) is 5.07. The van der Waals surface area contributed by atoms with E-state index in [0.717, 1.165) is 18.1 Å². The summed E-state index contributed by atoms with van der Waals surface area (Å²) in [6.07, 6.45) is -1.88. The van der Waals surface area contributed by atoms with E-state index in [9.17, 15) is 21.6 Å². The first-order chi connectivity index (χ1) is 13.2. The van der Waals surface area contributed by atoms with Crippen LogP contribution in [0.1, 0.15) is 5.56 Å². The van der Waals surface area contributed by atoms with Gasteiger partial charge >= 0.3 is 172 Å². The van der Waals surface area contributed by atoms with Crippen LogP contribution in [0.2, 0.25) is 14.8 Å². The molecule has 6 nitrogen and oxygen atoms in total. The van der Waals surface area contributed by atoms with Crippen LogP contribution in [-0.2, 0) is 16.4 Å². The second kappa shape index (κ2) is 7.24. The predicted octanol–water partition coefficient (Wildman–Crippen LogP) is 3.32. The third kappa shape index (κ3) is 4.01. The molecule has 0 radical (unpaired) electrons. The van der Waals surface area contributed by atoms with Crippen LogP contribution >= 0.6 is 0 Å². The summed E-state index contributed by atoms with van der Waals surface area (Å²) in [5.41, 5.74) is -0.745. The molecule has 0 spiro atoms. The molecule has 0 fully saturated rings. The van der Waals surface area contributed by atoms with Crippen molar-refractivity contribution in [3.05, 3.63) is 42.2 Å². The monoisotopic (exact) mass is 534 g/mol.